The summed E-state index contributed by atoms with van der Waals surface area (Å²) in [6.45, 7) is 2.50. The molecule has 0 atom stereocenters. The van der Waals surface area contributed by atoms with E-state index in [0.29, 0.717) is 34.9 Å². The lowest BCUT2D eigenvalue weighted by molar-refractivity contribution is -0.384. The van der Waals surface area contributed by atoms with Gasteiger partial charge in [0, 0.05) is 17.8 Å². The lowest BCUT2D eigenvalue weighted by Gasteiger charge is -2.14. The number of halogens is 1. The number of benzene rings is 3. The summed E-state index contributed by atoms with van der Waals surface area (Å²) in [7, 11) is 0. The zero-order chi connectivity index (χ0) is 23.8. The minimum atomic E-state index is -0.446. The molecule has 33 heavy (non-hydrogen) atoms. The Morgan fingerprint density at radius 3 is 2.58 bits per heavy atom. The van der Waals surface area contributed by atoms with E-state index in [1.165, 1.54) is 18.3 Å². The average Bonchev–Trinajstić information content (AvgIpc) is 2.79. The molecule has 0 radical (unpaired) electrons. The second-order valence-electron chi connectivity index (χ2n) is 6.76. The summed E-state index contributed by atoms with van der Waals surface area (Å²) in [5.74, 6) is 0.660. The third kappa shape index (κ3) is 6.42. The van der Waals surface area contributed by atoms with E-state index >= 15 is 0 Å². The summed E-state index contributed by atoms with van der Waals surface area (Å²) in [6.07, 6.45) is 1.50. The summed E-state index contributed by atoms with van der Waals surface area (Å²) in [6, 6.07) is 16.5. The van der Waals surface area contributed by atoms with Crippen LogP contribution >= 0.6 is 22.6 Å². The SMILES string of the molecule is CCOc1cc(/C=N/NC(=O)c2ccccc2N)cc(I)c1OCc1ccc([N+](=O)[O-])cc1. The van der Waals surface area contributed by atoms with Gasteiger partial charge < -0.3 is 15.2 Å². The Morgan fingerprint density at radius 1 is 1.18 bits per heavy atom. The molecule has 0 aliphatic heterocycles. The summed E-state index contributed by atoms with van der Waals surface area (Å²) in [5, 5.41) is 14.8. The van der Waals surface area contributed by atoms with Crippen LogP contribution in [0.5, 0.6) is 11.5 Å². The molecular formula is C23H21IN4O5. The second-order valence-corrected chi connectivity index (χ2v) is 7.92. The number of ether oxygens (including phenoxy) is 2. The Hall–Kier alpha value is -3.67. The molecule has 1 amide bonds. The van der Waals surface area contributed by atoms with Crippen LogP contribution in [-0.4, -0.2) is 23.7 Å². The topological polar surface area (TPSA) is 129 Å². The predicted octanol–water partition coefficient (Wildman–Crippen LogP) is 4.52. The highest BCUT2D eigenvalue weighted by molar-refractivity contribution is 14.1. The number of non-ortho nitro benzene ring substituents is 1. The van der Waals surface area contributed by atoms with Gasteiger partial charge in [-0.15, -0.1) is 0 Å². The molecule has 3 N–H and O–H groups in total. The molecule has 0 aromatic heterocycles. The van der Waals surface area contributed by atoms with E-state index in [9.17, 15) is 14.9 Å². The second kappa shape index (κ2) is 11.3. The van der Waals surface area contributed by atoms with Crippen molar-refractivity contribution in [3.05, 3.63) is 91.0 Å². The fourth-order valence-corrected chi connectivity index (χ4v) is 3.65. The number of nitrogens with two attached hydrogens (primary N) is 1. The lowest BCUT2D eigenvalue weighted by atomic mass is 10.2. The number of nitro groups is 1. The lowest BCUT2D eigenvalue weighted by Crippen LogP contribution is -2.19. The van der Waals surface area contributed by atoms with Crippen molar-refractivity contribution in [3.63, 3.8) is 0 Å². The molecule has 0 unspecified atom stereocenters. The van der Waals surface area contributed by atoms with Gasteiger partial charge in [-0.25, -0.2) is 5.43 Å². The Morgan fingerprint density at radius 2 is 1.91 bits per heavy atom. The van der Waals surface area contributed by atoms with Crippen LogP contribution in [0, 0.1) is 13.7 Å². The van der Waals surface area contributed by atoms with Gasteiger partial charge in [0.25, 0.3) is 11.6 Å². The monoisotopic (exact) mass is 560 g/mol. The minimum absolute atomic E-state index is 0.0222. The molecule has 0 saturated heterocycles. The van der Waals surface area contributed by atoms with Crippen LogP contribution in [0.3, 0.4) is 0 Å². The molecule has 10 heteroatoms. The van der Waals surface area contributed by atoms with Gasteiger partial charge in [-0.05, 0) is 77.0 Å². The molecule has 3 aromatic carbocycles. The number of hydrogen-bond acceptors (Lipinski definition) is 7. The molecule has 0 heterocycles. The van der Waals surface area contributed by atoms with Crippen LogP contribution in [0.4, 0.5) is 11.4 Å². The molecule has 0 fully saturated rings. The number of hydrogen-bond donors (Lipinski definition) is 2. The number of nitrogens with one attached hydrogen (secondary N) is 1. The minimum Gasteiger partial charge on any atom is -0.490 e. The normalized spacial score (nSPS) is 10.7. The van der Waals surface area contributed by atoms with E-state index in [1.54, 1.807) is 42.5 Å². The van der Waals surface area contributed by atoms with E-state index in [4.69, 9.17) is 15.2 Å². The van der Waals surface area contributed by atoms with Crippen molar-refractivity contribution in [1.82, 2.24) is 5.43 Å². The van der Waals surface area contributed by atoms with Gasteiger partial charge in [0.2, 0.25) is 0 Å². The molecular weight excluding hydrogens is 539 g/mol. The molecule has 0 saturated carbocycles. The van der Waals surface area contributed by atoms with E-state index in [-0.39, 0.29) is 12.3 Å². The van der Waals surface area contributed by atoms with Gasteiger partial charge in [0.1, 0.15) is 6.61 Å². The number of nitro benzene ring substituents is 1. The maximum atomic E-state index is 12.2. The summed E-state index contributed by atoms with van der Waals surface area (Å²) in [4.78, 5) is 22.6. The van der Waals surface area contributed by atoms with Crippen LogP contribution in [0.25, 0.3) is 0 Å². The van der Waals surface area contributed by atoms with Crippen molar-refractivity contribution < 1.29 is 19.2 Å². The van der Waals surface area contributed by atoms with Gasteiger partial charge in [-0.3, -0.25) is 14.9 Å². The molecule has 0 aliphatic rings. The Balaban J connectivity index is 1.72. The van der Waals surface area contributed by atoms with Crippen molar-refractivity contribution in [2.24, 2.45) is 5.10 Å². The highest BCUT2D eigenvalue weighted by atomic mass is 127. The van der Waals surface area contributed by atoms with E-state index < -0.39 is 10.8 Å². The third-order valence-corrected chi connectivity index (χ3v) is 5.25. The standard InChI is InChI=1S/C23H21IN4O5/c1-2-32-21-12-16(13-26-27-23(29)18-5-3-4-6-20(18)25)11-19(24)22(21)33-14-15-7-9-17(10-8-15)28(30)31/h3-13H,2,14,25H2,1H3,(H,27,29)/b26-13+. The first kappa shape index (κ1) is 24.0. The summed E-state index contributed by atoms with van der Waals surface area (Å²) >= 11 is 2.13. The van der Waals surface area contributed by atoms with E-state index in [1.807, 2.05) is 13.0 Å². The quantitative estimate of drug-likeness (QED) is 0.130. The highest BCUT2D eigenvalue weighted by Gasteiger charge is 2.13. The first-order valence-corrected chi connectivity index (χ1v) is 11.0. The molecule has 0 bridgehead atoms. The molecule has 3 rings (SSSR count). The van der Waals surface area contributed by atoms with Crippen LogP contribution < -0.4 is 20.6 Å². The molecule has 0 spiro atoms. The van der Waals surface area contributed by atoms with Crippen molar-refractivity contribution in [1.29, 1.82) is 0 Å². The number of para-hydroxylation sites is 1. The Labute approximate surface area is 203 Å². The van der Waals surface area contributed by atoms with Crippen molar-refractivity contribution in [2.45, 2.75) is 13.5 Å². The van der Waals surface area contributed by atoms with Crippen LogP contribution in [-0.2, 0) is 6.61 Å². The number of nitrogen functional groups attached to an aromatic ring is 1. The molecule has 0 aliphatic carbocycles. The molecule has 9 nitrogen and oxygen atoms in total. The number of amides is 1. The fraction of sp³-hybridized carbons (Fsp3) is 0.130. The zero-order valence-electron chi connectivity index (χ0n) is 17.7. The fourth-order valence-electron chi connectivity index (χ4n) is 2.86. The average molecular weight is 560 g/mol. The summed E-state index contributed by atoms with van der Waals surface area (Å²) < 4.78 is 12.4. The van der Waals surface area contributed by atoms with Crippen LogP contribution in [0.2, 0.25) is 0 Å². The van der Waals surface area contributed by atoms with E-state index in [2.05, 4.69) is 33.1 Å². The Bertz CT molecular complexity index is 1180. The number of carbonyl (C=O) groups excluding carboxylic acids is 1. The number of nitrogens with zero attached hydrogens (tertiary/aromatic N) is 2. The van der Waals surface area contributed by atoms with Crippen molar-refractivity contribution >= 4 is 46.1 Å². The third-order valence-electron chi connectivity index (χ3n) is 4.45. The Kier molecular flexibility index (Phi) is 8.19. The number of rotatable bonds is 9. The van der Waals surface area contributed by atoms with Gasteiger partial charge in [0.05, 0.1) is 26.9 Å². The van der Waals surface area contributed by atoms with Crippen molar-refractivity contribution in [3.8, 4) is 11.5 Å². The van der Waals surface area contributed by atoms with Gasteiger partial charge in [0.15, 0.2) is 11.5 Å². The van der Waals surface area contributed by atoms with E-state index in [0.717, 1.165) is 9.13 Å². The smallest absolute Gasteiger partial charge is 0.273 e. The maximum Gasteiger partial charge on any atom is 0.273 e. The van der Waals surface area contributed by atoms with Gasteiger partial charge >= 0.3 is 0 Å². The number of carbonyl (C=O) groups is 1. The van der Waals surface area contributed by atoms with Crippen LogP contribution in [0.15, 0.2) is 65.8 Å². The van der Waals surface area contributed by atoms with Crippen LogP contribution in [0.1, 0.15) is 28.4 Å². The first-order chi connectivity index (χ1) is 15.9. The largest absolute Gasteiger partial charge is 0.490 e. The molecule has 170 valence electrons. The number of hydrazone groups is 1. The van der Waals surface area contributed by atoms with Gasteiger partial charge in [-0.2, -0.15) is 5.10 Å². The molecule has 3 aromatic rings. The highest BCUT2D eigenvalue weighted by Crippen LogP contribution is 2.34. The first-order valence-electron chi connectivity index (χ1n) is 9.89. The van der Waals surface area contributed by atoms with Gasteiger partial charge in [-0.1, -0.05) is 12.1 Å². The van der Waals surface area contributed by atoms with Crippen molar-refractivity contribution in [2.75, 3.05) is 12.3 Å². The zero-order valence-corrected chi connectivity index (χ0v) is 19.8. The maximum absolute atomic E-state index is 12.2. The summed E-state index contributed by atoms with van der Waals surface area (Å²) in [5.41, 5.74) is 10.5. The number of anilines is 1. The predicted molar refractivity (Wildman–Crippen MR) is 134 cm³/mol.